The highest BCUT2D eigenvalue weighted by atomic mass is 35.5. The lowest BCUT2D eigenvalue weighted by Crippen LogP contribution is -2.52. The second kappa shape index (κ2) is 17.7. The quantitative estimate of drug-likeness (QED) is 0.0849. The molecule has 3 fully saturated rings. The van der Waals surface area contributed by atoms with Gasteiger partial charge in [-0.1, -0.05) is 71.7 Å². The number of fused-ring (bicyclic) bond motifs is 3. The Balaban J connectivity index is 1.17. The third kappa shape index (κ3) is 9.20. The Hall–Kier alpha value is -5.56. The average Bonchev–Trinajstić information content (AvgIpc) is 3.22. The van der Waals surface area contributed by atoms with Crippen molar-refractivity contribution in [1.29, 1.82) is 0 Å². The van der Waals surface area contributed by atoms with Crippen LogP contribution in [0.5, 0.6) is 17.2 Å². The minimum absolute atomic E-state index is 0.0108. The molecule has 3 aliphatic rings. The van der Waals surface area contributed by atoms with Crippen molar-refractivity contribution in [2.75, 3.05) is 33.9 Å². The number of aromatic carboxylic acids is 1. The van der Waals surface area contributed by atoms with Crippen LogP contribution in [0.15, 0.2) is 97.3 Å². The van der Waals surface area contributed by atoms with Crippen molar-refractivity contribution >= 4 is 35.3 Å². The van der Waals surface area contributed by atoms with Crippen molar-refractivity contribution in [2.24, 2.45) is 5.92 Å². The van der Waals surface area contributed by atoms with Crippen LogP contribution in [-0.4, -0.2) is 67.0 Å². The molecule has 0 unspecified atom stereocenters. The summed E-state index contributed by atoms with van der Waals surface area (Å²) >= 11 is 13.1. The molecular weight excluding hydrogens is 771 g/mol. The number of nitrogens with zero attached hydrogens (tertiary/aromatic N) is 3. The van der Waals surface area contributed by atoms with Gasteiger partial charge in [0.1, 0.15) is 28.5 Å². The van der Waals surface area contributed by atoms with Gasteiger partial charge < -0.3 is 34.6 Å². The van der Waals surface area contributed by atoms with E-state index in [0.717, 1.165) is 43.6 Å². The van der Waals surface area contributed by atoms with Crippen LogP contribution < -0.4 is 24.3 Å². The molecule has 3 atom stereocenters. The first-order valence-electron chi connectivity index (χ1n) is 18.6. The van der Waals surface area contributed by atoms with E-state index in [0.29, 0.717) is 44.7 Å². The van der Waals surface area contributed by atoms with E-state index in [-0.39, 0.29) is 40.4 Å². The molecule has 0 spiro atoms. The van der Waals surface area contributed by atoms with Crippen molar-refractivity contribution in [2.45, 2.75) is 43.9 Å². The fraction of sp³-hybridized carbons (Fsp3) is 0.302. The van der Waals surface area contributed by atoms with Crippen molar-refractivity contribution < 1.29 is 38.4 Å². The maximum atomic E-state index is 13.4. The minimum Gasteiger partial charge on any atom is -0.619 e. The van der Waals surface area contributed by atoms with Crippen molar-refractivity contribution in [3.8, 4) is 17.2 Å². The fourth-order valence-corrected chi connectivity index (χ4v) is 8.29. The SMILES string of the molecule is COc1ccc([C@H](Cc2c(Cl)c[n+]([O-])cc2Cl)c2nc(COc3cccc([C@@H](NC(=O)O[C@H]4CN5CCC4CC5)c4ccccc4)c3)ccc2C(=O)O)cc1OC. The number of pyridine rings is 2. The molecule has 1 amide bonds. The van der Waals surface area contributed by atoms with Crippen LogP contribution in [0.4, 0.5) is 4.79 Å². The third-order valence-electron chi connectivity index (χ3n) is 10.6. The van der Waals surface area contributed by atoms with Gasteiger partial charge in [-0.2, -0.15) is 4.73 Å². The van der Waals surface area contributed by atoms with E-state index < -0.39 is 24.0 Å². The van der Waals surface area contributed by atoms with Gasteiger partial charge in [-0.15, -0.1) is 0 Å². The summed E-state index contributed by atoms with van der Waals surface area (Å²) in [7, 11) is 3.02. The van der Waals surface area contributed by atoms with Crippen molar-refractivity contribution in [1.82, 2.24) is 15.2 Å². The van der Waals surface area contributed by atoms with E-state index >= 15 is 0 Å². The summed E-state index contributed by atoms with van der Waals surface area (Å²) in [4.78, 5) is 33.3. The van der Waals surface area contributed by atoms with Crippen LogP contribution in [0.2, 0.25) is 10.0 Å². The van der Waals surface area contributed by atoms with Gasteiger partial charge in [-0.3, -0.25) is 9.88 Å². The number of hydrogen-bond acceptors (Lipinski definition) is 9. The zero-order chi connectivity index (χ0) is 40.1. The van der Waals surface area contributed by atoms with Gasteiger partial charge in [0.25, 0.3) is 0 Å². The number of carboxylic acids is 1. The predicted molar refractivity (Wildman–Crippen MR) is 213 cm³/mol. The minimum atomic E-state index is -1.18. The Kier molecular flexibility index (Phi) is 12.3. The van der Waals surface area contributed by atoms with Gasteiger partial charge >= 0.3 is 12.1 Å². The van der Waals surface area contributed by atoms with Gasteiger partial charge in [-0.25, -0.2) is 9.59 Å². The monoisotopic (exact) mass is 812 g/mol. The van der Waals surface area contributed by atoms with E-state index in [4.69, 9.17) is 47.1 Å². The number of carbonyl (C=O) groups is 2. The molecule has 12 nitrogen and oxygen atoms in total. The first kappa shape index (κ1) is 39.7. The summed E-state index contributed by atoms with van der Waals surface area (Å²) in [5.74, 6) is -0.103. The zero-order valence-corrected chi connectivity index (χ0v) is 32.9. The summed E-state index contributed by atoms with van der Waals surface area (Å²) in [6, 6.07) is 24.9. The van der Waals surface area contributed by atoms with E-state index in [1.807, 2.05) is 48.5 Å². The number of rotatable bonds is 14. The highest BCUT2D eigenvalue weighted by molar-refractivity contribution is 6.35. The Labute approximate surface area is 340 Å². The summed E-state index contributed by atoms with van der Waals surface area (Å²) < 4.78 is 23.8. The van der Waals surface area contributed by atoms with Gasteiger partial charge in [0.2, 0.25) is 0 Å². The standard InChI is InChI=1S/C43H42Cl2N4O8/c1-54-37-14-11-28(20-38(37)55-2)33(21-34-35(44)22-49(53)23-36(34)45)41-32(42(50)51)13-12-30(46-41)25-56-31-10-6-9-29(19-31)40(27-7-4-3-5-8-27)47-43(52)57-39-24-48-17-15-26(39)16-18-48/h3-14,19-20,22-23,26,33,39-40H,15-18,21,24-25H2,1-2H3,(H,47,52)(H,50,51)/t33-,39-,40-/m0/s1. The number of aromatic nitrogens is 2. The molecular formula is C43H42Cl2N4O8. The molecule has 5 aromatic rings. The molecule has 0 aliphatic carbocycles. The van der Waals surface area contributed by atoms with E-state index in [1.165, 1.54) is 32.7 Å². The van der Waals surface area contributed by atoms with Crippen LogP contribution >= 0.6 is 23.2 Å². The molecule has 296 valence electrons. The van der Waals surface area contributed by atoms with Crippen molar-refractivity contribution in [3.63, 3.8) is 0 Å². The van der Waals surface area contributed by atoms with Gasteiger partial charge in [0.15, 0.2) is 23.9 Å². The lowest BCUT2D eigenvalue weighted by molar-refractivity contribution is -0.605. The molecule has 8 rings (SSSR count). The van der Waals surface area contributed by atoms with Crippen LogP contribution in [0, 0.1) is 11.1 Å². The maximum Gasteiger partial charge on any atom is 0.408 e. The number of carbonyl (C=O) groups excluding carboxylic acids is 1. The topological polar surface area (TPSA) is 146 Å². The number of methoxy groups -OCH3 is 2. The van der Waals surface area contributed by atoms with E-state index in [2.05, 4.69) is 10.2 Å². The molecule has 2 bridgehead atoms. The first-order valence-corrected chi connectivity index (χ1v) is 19.3. The Bertz CT molecular complexity index is 2210. The largest absolute Gasteiger partial charge is 0.619 e. The van der Waals surface area contributed by atoms with E-state index in [9.17, 15) is 19.9 Å². The van der Waals surface area contributed by atoms with Crippen LogP contribution in [0.25, 0.3) is 0 Å². The number of alkyl carbamates (subject to hydrolysis) is 1. The number of amides is 1. The number of nitrogens with one attached hydrogen (secondary N) is 1. The lowest BCUT2D eigenvalue weighted by atomic mass is 9.86. The molecule has 2 aromatic heterocycles. The number of benzene rings is 3. The first-order chi connectivity index (χ1) is 27.6. The Morgan fingerprint density at radius 3 is 2.30 bits per heavy atom. The number of halogens is 2. The number of hydrogen-bond donors (Lipinski definition) is 2. The fourth-order valence-electron chi connectivity index (χ4n) is 7.70. The van der Waals surface area contributed by atoms with Gasteiger partial charge in [0, 0.05) is 18.0 Å². The Morgan fingerprint density at radius 1 is 0.912 bits per heavy atom. The van der Waals surface area contributed by atoms with Gasteiger partial charge in [-0.05, 0) is 91.4 Å². The number of piperidine rings is 3. The molecule has 57 heavy (non-hydrogen) atoms. The smallest absolute Gasteiger partial charge is 0.408 e. The molecule has 3 aromatic carbocycles. The molecule has 3 aliphatic heterocycles. The maximum absolute atomic E-state index is 13.4. The van der Waals surface area contributed by atoms with E-state index in [1.54, 1.807) is 30.3 Å². The average molecular weight is 814 g/mol. The highest BCUT2D eigenvalue weighted by Gasteiger charge is 2.37. The van der Waals surface area contributed by atoms with Crippen LogP contribution in [0.3, 0.4) is 0 Å². The highest BCUT2D eigenvalue weighted by Crippen LogP contribution is 2.38. The lowest BCUT2D eigenvalue weighted by Gasteiger charge is -2.43. The number of ether oxygens (including phenoxy) is 4. The summed E-state index contributed by atoms with van der Waals surface area (Å²) in [5.41, 5.74) is 3.38. The summed E-state index contributed by atoms with van der Waals surface area (Å²) in [5, 5.41) is 25.8. The van der Waals surface area contributed by atoms with Crippen LogP contribution in [-0.2, 0) is 17.8 Å². The van der Waals surface area contributed by atoms with Crippen LogP contribution in [0.1, 0.15) is 68.8 Å². The molecule has 0 saturated carbocycles. The molecule has 5 heterocycles. The van der Waals surface area contributed by atoms with Gasteiger partial charge in [0.05, 0.1) is 37.2 Å². The normalized spacial score (nSPS) is 18.3. The molecule has 3 saturated heterocycles. The second-order valence-corrected chi connectivity index (χ2v) is 14.9. The molecule has 14 heteroatoms. The third-order valence-corrected chi connectivity index (χ3v) is 11.3. The zero-order valence-electron chi connectivity index (χ0n) is 31.4. The Morgan fingerprint density at radius 2 is 1.63 bits per heavy atom. The second-order valence-electron chi connectivity index (χ2n) is 14.1. The number of carboxylic acid groups (broad SMARTS) is 1. The molecule has 0 radical (unpaired) electrons. The molecule has 2 N–H and O–H groups in total. The van der Waals surface area contributed by atoms with Crippen molar-refractivity contribution in [3.05, 3.63) is 152 Å². The predicted octanol–water partition coefficient (Wildman–Crippen LogP) is 7.60. The summed E-state index contributed by atoms with van der Waals surface area (Å²) in [6.45, 7) is 2.84. The summed E-state index contributed by atoms with van der Waals surface area (Å²) in [6.07, 6.45) is 3.94.